The van der Waals surface area contributed by atoms with Gasteiger partial charge < -0.3 is 49.4 Å². The topological polar surface area (TPSA) is 261 Å². The maximum absolute atomic E-state index is 15.5. The molecule has 1 unspecified atom stereocenters. The number of nitrogens with one attached hydrogen (secondary N) is 3. The number of hydrogen-bond acceptors (Lipinski definition) is 13. The number of aromatic nitrogens is 1. The first-order valence-corrected chi connectivity index (χ1v) is 27.3. The zero-order chi connectivity index (χ0) is 58.4. The third-order valence-electron chi connectivity index (χ3n) is 15.5. The quantitative estimate of drug-likeness (QED) is 0.0432. The lowest BCUT2D eigenvalue weighted by molar-refractivity contribution is -0.385. The predicted molar refractivity (Wildman–Crippen MR) is 294 cm³/mol. The molecule has 6 amide bonds. The van der Waals surface area contributed by atoms with Crippen molar-refractivity contribution in [1.82, 2.24) is 35.2 Å². The van der Waals surface area contributed by atoms with Gasteiger partial charge in [-0.05, 0) is 88.0 Å². The number of rotatable bonds is 15. The lowest BCUT2D eigenvalue weighted by Gasteiger charge is -2.48. The monoisotopic (exact) mass is 1100 g/mol. The molecule has 0 spiro atoms. The van der Waals surface area contributed by atoms with Gasteiger partial charge in [-0.3, -0.25) is 48.5 Å². The van der Waals surface area contributed by atoms with Gasteiger partial charge in [0.25, 0.3) is 0 Å². The number of likely N-dealkylation sites (N-methyl/N-ethyl adjacent to an activating group) is 2. The molecule has 3 saturated heterocycles. The number of carbonyl (C=O) groups excluding carboxylic acids is 8. The van der Waals surface area contributed by atoms with Gasteiger partial charge in [0.1, 0.15) is 42.5 Å². The molecule has 2 bridgehead atoms. The lowest BCUT2D eigenvalue weighted by atomic mass is 9.88. The minimum Gasteiger partial charge on any atom is -0.419 e. The van der Waals surface area contributed by atoms with Gasteiger partial charge in [0.05, 0.1) is 23.1 Å². The Bertz CT molecular complexity index is 2820. The highest BCUT2D eigenvalue weighted by Gasteiger charge is 2.49. The van der Waals surface area contributed by atoms with Crippen molar-refractivity contribution >= 4 is 63.8 Å². The van der Waals surface area contributed by atoms with Crippen LogP contribution in [0.1, 0.15) is 112 Å². The van der Waals surface area contributed by atoms with Crippen LogP contribution in [-0.4, -0.2) is 148 Å². The van der Waals surface area contributed by atoms with Crippen LogP contribution in [0.4, 0.5) is 5.69 Å². The number of esters is 1. The number of para-hydroxylation sites is 1. The van der Waals surface area contributed by atoms with Gasteiger partial charge in [0.15, 0.2) is 5.78 Å². The van der Waals surface area contributed by atoms with Crippen LogP contribution in [-0.2, 0) is 66.2 Å². The number of ketones is 1. The van der Waals surface area contributed by atoms with Crippen molar-refractivity contribution in [3.8, 4) is 5.75 Å². The second kappa shape index (κ2) is 25.9. The zero-order valence-corrected chi connectivity index (χ0v) is 47.9. The number of nitrogens with zero attached hydrogens (tertiary/aromatic N) is 5. The average Bonchev–Trinajstić information content (AvgIpc) is 4.32. The molecule has 21 nitrogen and oxygen atoms in total. The molecule has 0 radical (unpaired) electrons. The van der Waals surface area contributed by atoms with E-state index in [0.29, 0.717) is 12.2 Å². The number of nitro benzene ring substituents is 1. The lowest BCUT2D eigenvalue weighted by Crippen LogP contribution is -2.66. The first-order chi connectivity index (χ1) is 37.2. The van der Waals surface area contributed by atoms with Crippen molar-refractivity contribution in [1.29, 1.82) is 0 Å². The highest BCUT2D eigenvalue weighted by Crippen LogP contribution is 2.37. The Kier molecular flexibility index (Phi) is 20.0. The summed E-state index contributed by atoms with van der Waals surface area (Å²) in [6.07, 6.45) is 3.90. The fourth-order valence-electron chi connectivity index (χ4n) is 11.0. The van der Waals surface area contributed by atoms with Gasteiger partial charge in [-0.15, -0.1) is 0 Å². The van der Waals surface area contributed by atoms with E-state index in [1.807, 2.05) is 65.1 Å². The van der Waals surface area contributed by atoms with Crippen LogP contribution in [0, 0.1) is 33.8 Å². The number of epoxide rings is 1. The van der Waals surface area contributed by atoms with Gasteiger partial charge in [-0.2, -0.15) is 0 Å². The van der Waals surface area contributed by atoms with Gasteiger partial charge in [0, 0.05) is 76.0 Å². The molecule has 3 fully saturated rings. The summed E-state index contributed by atoms with van der Waals surface area (Å²) in [5.41, 5.74) is 0.683. The highest BCUT2D eigenvalue weighted by atomic mass is 16.6. The molecular formula is C58H80N8O13. The normalized spacial score (nSPS) is 26.4. The number of benzene rings is 2. The van der Waals surface area contributed by atoms with Crippen LogP contribution in [0.15, 0.2) is 60.8 Å². The van der Waals surface area contributed by atoms with Gasteiger partial charge in [-0.1, -0.05) is 78.0 Å². The third kappa shape index (κ3) is 14.3. The largest absolute Gasteiger partial charge is 0.419 e. The fourth-order valence-corrected chi connectivity index (χ4v) is 11.0. The minimum absolute atomic E-state index is 0.00660. The average molecular weight is 1100 g/mol. The summed E-state index contributed by atoms with van der Waals surface area (Å²) in [5, 5.41) is 21.9. The third-order valence-corrected chi connectivity index (χ3v) is 15.5. The Morgan fingerprint density at radius 2 is 1.47 bits per heavy atom. The Morgan fingerprint density at radius 1 is 0.848 bits per heavy atom. The summed E-state index contributed by atoms with van der Waals surface area (Å²) >= 11 is 0. The molecule has 10 atom stereocenters. The molecule has 4 heterocycles. The number of fused-ring (bicyclic) bond motifs is 3. The summed E-state index contributed by atoms with van der Waals surface area (Å²) in [7, 11) is 4.33. The molecule has 3 aromatic rings. The molecule has 3 aliphatic rings. The van der Waals surface area contributed by atoms with E-state index in [9.17, 15) is 24.5 Å². The smallest absolute Gasteiger partial charge is 0.311 e. The van der Waals surface area contributed by atoms with Crippen LogP contribution in [0.5, 0.6) is 5.75 Å². The van der Waals surface area contributed by atoms with E-state index in [1.165, 1.54) is 55.0 Å². The van der Waals surface area contributed by atoms with E-state index in [0.717, 1.165) is 23.9 Å². The molecule has 1 aromatic heterocycles. The van der Waals surface area contributed by atoms with Crippen molar-refractivity contribution in [3.05, 3.63) is 82.1 Å². The molecular weight excluding hydrogens is 1020 g/mol. The van der Waals surface area contributed by atoms with Crippen molar-refractivity contribution in [3.63, 3.8) is 0 Å². The Morgan fingerprint density at radius 3 is 2.08 bits per heavy atom. The Hall–Kier alpha value is -7.00. The first-order valence-electron chi connectivity index (χ1n) is 27.3. The van der Waals surface area contributed by atoms with Crippen molar-refractivity contribution in [2.75, 3.05) is 27.8 Å². The van der Waals surface area contributed by atoms with Crippen LogP contribution in [0.25, 0.3) is 10.9 Å². The summed E-state index contributed by atoms with van der Waals surface area (Å²) in [4.78, 5) is 132. The van der Waals surface area contributed by atoms with E-state index >= 15 is 24.0 Å². The van der Waals surface area contributed by atoms with Crippen molar-refractivity contribution in [2.45, 2.75) is 168 Å². The van der Waals surface area contributed by atoms with Gasteiger partial charge >= 0.3 is 11.7 Å². The predicted octanol–water partition coefficient (Wildman–Crippen LogP) is 5.38. The van der Waals surface area contributed by atoms with Crippen LogP contribution in [0.2, 0.25) is 0 Å². The van der Waals surface area contributed by atoms with Crippen molar-refractivity contribution < 1.29 is 57.5 Å². The first kappa shape index (κ1) is 61.2. The number of methoxy groups -OCH3 is 1. The second-order valence-electron chi connectivity index (χ2n) is 22.9. The zero-order valence-electron chi connectivity index (χ0n) is 47.9. The van der Waals surface area contributed by atoms with Crippen LogP contribution in [0.3, 0.4) is 0 Å². The summed E-state index contributed by atoms with van der Waals surface area (Å²) in [6, 6.07) is 3.81. The second-order valence-corrected chi connectivity index (χ2v) is 22.9. The van der Waals surface area contributed by atoms with E-state index in [2.05, 4.69) is 34.4 Å². The highest BCUT2D eigenvalue weighted by molar-refractivity contribution is 5.99. The van der Waals surface area contributed by atoms with Crippen LogP contribution >= 0.6 is 0 Å². The van der Waals surface area contributed by atoms with Crippen molar-refractivity contribution in [2.24, 2.45) is 23.7 Å². The molecule has 21 heteroatoms. The Balaban J connectivity index is 1.52. The number of carbonyl (C=O) groups is 8. The maximum atomic E-state index is 15.5. The standard InChI is InChI=1S/C58H80N8O13/c1-14-15-19-40-51(69)61-42(29-38-30-64(58(9,10)50-31-78-50)43-20-17-16-18-39(38)43)55(73)62(11)45(23-32(2)3)52(70)60-41(27-37-21-22-49(79-36(8)67)44(28-37)66(75)76)48(68)26-34(6)54(72)63(12)47-25-35(7)57(77-13)65(56(47)74)46(24-33(4)5)53(71)59-40/h14-18,20-22,28,30,32-35,40-42,45-47,50,57H,19,23-27,29,31H2,1-13H3,(H,59,71)(H,60,70)(H,61,69)/b15-14+/t34-,35?,40+,41+,42+,45+,46+,47+,50-,57-/m1/s1. The number of ether oxygens (including phenoxy) is 3. The van der Waals surface area contributed by atoms with Gasteiger partial charge in [0.2, 0.25) is 41.2 Å². The molecule has 430 valence electrons. The number of allylic oxidation sites excluding steroid dienone is 1. The Labute approximate surface area is 462 Å². The number of hydrogen-bond donors (Lipinski definition) is 3. The fraction of sp³-hybridized carbons (Fsp3) is 0.586. The van der Waals surface area contributed by atoms with E-state index in [-0.39, 0.29) is 67.8 Å². The molecule has 0 aliphatic carbocycles. The molecule has 79 heavy (non-hydrogen) atoms. The molecule has 2 aromatic carbocycles. The van der Waals surface area contributed by atoms with E-state index < -0.39 is 124 Å². The molecule has 3 aliphatic heterocycles. The summed E-state index contributed by atoms with van der Waals surface area (Å²) in [5.74, 6) is -7.59. The molecule has 3 N–H and O–H groups in total. The number of nitro groups is 1. The number of piperidine rings is 1. The van der Waals surface area contributed by atoms with Gasteiger partial charge in [-0.25, -0.2) is 0 Å². The van der Waals surface area contributed by atoms with E-state index in [4.69, 9.17) is 14.2 Å². The van der Waals surface area contributed by atoms with E-state index in [1.54, 1.807) is 19.1 Å². The number of Topliss-reactive ketones (excluding diaryl/α,β-unsaturated/α-hetero) is 1. The minimum atomic E-state index is -1.43. The summed E-state index contributed by atoms with van der Waals surface area (Å²) < 4.78 is 18.9. The SMILES string of the molecule is C/C=C/C[C@@H]1NC(=O)[C@H](CC(C)C)N2C(=O)[C@H](CC(C)[C@H]2OC)N(C)C(=O)[C@H](C)CC(=O)[C@H](Cc2ccc(OC(C)=O)c([N+](=O)[O-])c2)NC(=O)[C@H](CC(C)C)N(C)C(=O)[C@H](Cc2cn(C(C)(C)[C@H]3CO3)c3ccccc23)NC1=O. The molecule has 0 saturated carbocycles. The summed E-state index contributed by atoms with van der Waals surface area (Å²) in [6.45, 7) is 18.4. The number of amides is 6. The van der Waals surface area contributed by atoms with Crippen LogP contribution < -0.4 is 20.7 Å². The maximum Gasteiger partial charge on any atom is 0.311 e. The molecule has 6 rings (SSSR count).